The molecule has 0 saturated carbocycles. The number of aromatic carboxylic acids is 1. The zero-order valence-electron chi connectivity index (χ0n) is 10.7. The van der Waals surface area contributed by atoms with E-state index in [0.717, 1.165) is 17.8 Å². The standard InChI is InChI=1S/C13H8FN3O3S/c1-6-10-11(20-17-6)15-5-16-12(10)21-9-4-7(13(18)19)2-3-8(9)14/h2-5H,1H3,(H,18,19). The van der Waals surface area contributed by atoms with Crippen LogP contribution in [0.4, 0.5) is 4.39 Å². The van der Waals surface area contributed by atoms with Crippen molar-refractivity contribution in [1.82, 2.24) is 15.1 Å². The highest BCUT2D eigenvalue weighted by Crippen LogP contribution is 2.34. The maximum atomic E-state index is 13.8. The average molecular weight is 305 g/mol. The van der Waals surface area contributed by atoms with Gasteiger partial charge in [0.2, 0.25) is 0 Å². The van der Waals surface area contributed by atoms with E-state index >= 15 is 0 Å². The highest BCUT2D eigenvalue weighted by atomic mass is 32.2. The summed E-state index contributed by atoms with van der Waals surface area (Å²) >= 11 is 1.00. The molecule has 106 valence electrons. The van der Waals surface area contributed by atoms with Gasteiger partial charge in [-0.1, -0.05) is 16.9 Å². The summed E-state index contributed by atoms with van der Waals surface area (Å²) in [6, 6.07) is 3.59. The molecule has 2 aromatic heterocycles. The third kappa shape index (κ3) is 2.45. The molecule has 8 heteroatoms. The number of benzene rings is 1. The Morgan fingerprint density at radius 1 is 1.38 bits per heavy atom. The van der Waals surface area contributed by atoms with E-state index in [1.807, 2.05) is 0 Å². The first kappa shape index (κ1) is 13.5. The number of carbonyl (C=O) groups is 1. The Kier molecular flexibility index (Phi) is 3.30. The minimum Gasteiger partial charge on any atom is -0.478 e. The molecular formula is C13H8FN3O3S. The fourth-order valence-electron chi connectivity index (χ4n) is 1.79. The lowest BCUT2D eigenvalue weighted by molar-refractivity contribution is 0.0696. The van der Waals surface area contributed by atoms with Crippen LogP contribution in [0.3, 0.4) is 0 Å². The van der Waals surface area contributed by atoms with Crippen LogP contribution in [0.15, 0.2) is 39.0 Å². The van der Waals surface area contributed by atoms with Crippen LogP contribution in [0.5, 0.6) is 0 Å². The fourth-order valence-corrected chi connectivity index (χ4v) is 2.78. The van der Waals surface area contributed by atoms with Crippen molar-refractivity contribution in [2.75, 3.05) is 0 Å². The molecule has 6 nitrogen and oxygen atoms in total. The Bertz CT molecular complexity index is 850. The number of hydrogen-bond donors (Lipinski definition) is 1. The van der Waals surface area contributed by atoms with Gasteiger partial charge in [0.25, 0.3) is 5.71 Å². The van der Waals surface area contributed by atoms with E-state index in [-0.39, 0.29) is 10.5 Å². The lowest BCUT2D eigenvalue weighted by Crippen LogP contribution is -1.97. The highest BCUT2D eigenvalue weighted by molar-refractivity contribution is 7.99. The maximum Gasteiger partial charge on any atom is 0.335 e. The summed E-state index contributed by atoms with van der Waals surface area (Å²) in [4.78, 5) is 19.1. The van der Waals surface area contributed by atoms with Crippen molar-refractivity contribution in [3.05, 3.63) is 41.6 Å². The summed E-state index contributed by atoms with van der Waals surface area (Å²) in [5.74, 6) is -1.64. The topological polar surface area (TPSA) is 89.1 Å². The molecule has 0 amide bonds. The van der Waals surface area contributed by atoms with Crippen LogP contribution < -0.4 is 0 Å². The summed E-state index contributed by atoms with van der Waals surface area (Å²) in [5, 5.41) is 13.8. The number of hydrogen-bond acceptors (Lipinski definition) is 6. The molecule has 0 saturated heterocycles. The van der Waals surface area contributed by atoms with Gasteiger partial charge < -0.3 is 9.63 Å². The van der Waals surface area contributed by atoms with Crippen LogP contribution in [0, 0.1) is 12.7 Å². The molecule has 0 radical (unpaired) electrons. The van der Waals surface area contributed by atoms with Crippen LogP contribution in [0.1, 0.15) is 16.1 Å². The zero-order chi connectivity index (χ0) is 15.0. The van der Waals surface area contributed by atoms with Gasteiger partial charge in [-0.3, -0.25) is 0 Å². The maximum absolute atomic E-state index is 13.8. The second-order valence-electron chi connectivity index (χ2n) is 4.18. The number of rotatable bonds is 3. The number of halogens is 1. The number of fused-ring (bicyclic) bond motifs is 1. The molecule has 3 aromatic rings. The number of carboxylic acid groups (broad SMARTS) is 1. The van der Waals surface area contributed by atoms with E-state index in [1.54, 1.807) is 6.92 Å². The second-order valence-corrected chi connectivity index (χ2v) is 5.21. The van der Waals surface area contributed by atoms with Gasteiger partial charge in [0.1, 0.15) is 17.2 Å². The number of nitrogens with zero attached hydrogens (tertiary/aromatic N) is 3. The van der Waals surface area contributed by atoms with Gasteiger partial charge in [0.05, 0.1) is 21.5 Å². The first-order valence-electron chi connectivity index (χ1n) is 5.84. The smallest absolute Gasteiger partial charge is 0.335 e. The third-order valence-electron chi connectivity index (χ3n) is 2.79. The van der Waals surface area contributed by atoms with E-state index in [4.69, 9.17) is 9.63 Å². The lowest BCUT2D eigenvalue weighted by atomic mass is 10.2. The predicted molar refractivity (Wildman–Crippen MR) is 71.8 cm³/mol. The number of aromatic nitrogens is 3. The van der Waals surface area contributed by atoms with Crippen molar-refractivity contribution in [3.63, 3.8) is 0 Å². The van der Waals surface area contributed by atoms with Crippen LogP contribution in [0.2, 0.25) is 0 Å². The highest BCUT2D eigenvalue weighted by Gasteiger charge is 2.16. The quantitative estimate of drug-likeness (QED) is 0.744. The Morgan fingerprint density at radius 3 is 2.95 bits per heavy atom. The Balaban J connectivity index is 2.08. The summed E-state index contributed by atoms with van der Waals surface area (Å²) in [6.07, 6.45) is 1.29. The first-order chi connectivity index (χ1) is 10.1. The van der Waals surface area contributed by atoms with E-state index < -0.39 is 11.8 Å². The third-order valence-corrected chi connectivity index (χ3v) is 3.83. The normalized spacial score (nSPS) is 11.0. The largest absolute Gasteiger partial charge is 0.478 e. The molecule has 0 unspecified atom stereocenters. The number of aryl methyl sites for hydroxylation is 1. The lowest BCUT2D eigenvalue weighted by Gasteiger charge is -2.04. The summed E-state index contributed by atoms with van der Waals surface area (Å²) in [6.45, 7) is 1.73. The van der Waals surface area contributed by atoms with Crippen LogP contribution in [-0.2, 0) is 0 Å². The van der Waals surface area contributed by atoms with Crippen molar-refractivity contribution in [2.45, 2.75) is 16.8 Å². The molecule has 2 heterocycles. The molecule has 1 N–H and O–H groups in total. The van der Waals surface area contributed by atoms with Gasteiger partial charge in [0, 0.05) is 0 Å². The van der Waals surface area contributed by atoms with Gasteiger partial charge in [0.15, 0.2) is 0 Å². The molecule has 1 aromatic carbocycles. The minimum atomic E-state index is -1.12. The summed E-state index contributed by atoms with van der Waals surface area (Å²) < 4.78 is 18.9. The molecule has 0 spiro atoms. The van der Waals surface area contributed by atoms with Crippen LogP contribution in [-0.4, -0.2) is 26.2 Å². The van der Waals surface area contributed by atoms with Crippen molar-refractivity contribution in [2.24, 2.45) is 0 Å². The molecule has 0 aliphatic heterocycles. The van der Waals surface area contributed by atoms with Gasteiger partial charge in [-0.15, -0.1) is 0 Å². The van der Waals surface area contributed by atoms with Crippen molar-refractivity contribution >= 4 is 28.8 Å². The molecule has 0 bridgehead atoms. The van der Waals surface area contributed by atoms with E-state index in [0.29, 0.717) is 21.8 Å². The van der Waals surface area contributed by atoms with Crippen LogP contribution in [0.25, 0.3) is 11.1 Å². The Hall–Kier alpha value is -2.48. The average Bonchev–Trinajstić information content (AvgIpc) is 2.84. The molecule has 0 atom stereocenters. The SMILES string of the molecule is Cc1noc2ncnc(Sc3cc(C(=O)O)ccc3F)c12. The summed E-state index contributed by atoms with van der Waals surface area (Å²) in [7, 11) is 0. The monoisotopic (exact) mass is 305 g/mol. The van der Waals surface area contributed by atoms with Gasteiger partial charge >= 0.3 is 5.97 Å². The Morgan fingerprint density at radius 2 is 2.19 bits per heavy atom. The summed E-state index contributed by atoms with van der Waals surface area (Å²) in [5.41, 5.74) is 0.897. The molecule has 0 aliphatic rings. The Labute approximate surface area is 122 Å². The van der Waals surface area contributed by atoms with Crippen molar-refractivity contribution in [3.8, 4) is 0 Å². The molecule has 21 heavy (non-hydrogen) atoms. The zero-order valence-corrected chi connectivity index (χ0v) is 11.5. The van der Waals surface area contributed by atoms with E-state index in [1.165, 1.54) is 18.5 Å². The molecule has 0 fully saturated rings. The number of carboxylic acids is 1. The molecule has 3 rings (SSSR count). The van der Waals surface area contributed by atoms with Gasteiger partial charge in [-0.25, -0.2) is 14.2 Å². The van der Waals surface area contributed by atoms with E-state index in [2.05, 4.69) is 15.1 Å². The second kappa shape index (κ2) is 5.13. The molecule has 0 aliphatic carbocycles. The fraction of sp³-hybridized carbons (Fsp3) is 0.0769. The van der Waals surface area contributed by atoms with E-state index in [9.17, 15) is 9.18 Å². The molecular weight excluding hydrogens is 297 g/mol. The first-order valence-corrected chi connectivity index (χ1v) is 6.65. The van der Waals surface area contributed by atoms with Gasteiger partial charge in [-0.05, 0) is 25.1 Å². The van der Waals surface area contributed by atoms with Crippen LogP contribution >= 0.6 is 11.8 Å². The minimum absolute atomic E-state index is 0.00578. The predicted octanol–water partition coefficient (Wildman–Crippen LogP) is 2.91. The van der Waals surface area contributed by atoms with Crippen molar-refractivity contribution < 1.29 is 18.8 Å². The van der Waals surface area contributed by atoms with Gasteiger partial charge in [-0.2, -0.15) is 4.98 Å². The van der Waals surface area contributed by atoms with Crippen molar-refractivity contribution in [1.29, 1.82) is 0 Å².